The van der Waals surface area contributed by atoms with E-state index in [2.05, 4.69) is 20.3 Å². The Morgan fingerprint density at radius 3 is 2.54 bits per heavy atom. The van der Waals surface area contributed by atoms with Crippen LogP contribution in [0.25, 0.3) is 32.1 Å². The van der Waals surface area contributed by atoms with Crippen molar-refractivity contribution < 1.29 is 49.7 Å². The number of benzene rings is 2. The Kier molecular flexibility index (Phi) is 9.88. The average molecular weight is 876 g/mol. The van der Waals surface area contributed by atoms with E-state index >= 15 is 22.0 Å². The molecule has 6 N–H and O–H groups in total. The zero-order valence-corrected chi connectivity index (χ0v) is 32.9. The molecule has 2 aromatic carbocycles. The zero-order valence-electron chi connectivity index (χ0n) is 32.1. The molecule has 3 aromatic heterocycles. The van der Waals surface area contributed by atoms with Crippen molar-refractivity contribution in [1.29, 1.82) is 5.26 Å². The quantitative estimate of drug-likeness (QED) is 0.102. The predicted molar refractivity (Wildman–Crippen MR) is 209 cm³/mol. The minimum Gasteiger partial charge on any atom is -0.506 e. The van der Waals surface area contributed by atoms with E-state index in [4.69, 9.17) is 20.9 Å². The summed E-state index contributed by atoms with van der Waals surface area (Å²) in [6, 6.07) is 2.81. The molecule has 4 aliphatic rings. The molecule has 1 saturated carbocycles. The van der Waals surface area contributed by atoms with Crippen LogP contribution in [0.4, 0.5) is 51.8 Å². The van der Waals surface area contributed by atoms with Crippen LogP contribution in [0.2, 0.25) is 0 Å². The van der Waals surface area contributed by atoms with Gasteiger partial charge in [-0.3, -0.25) is 9.80 Å². The van der Waals surface area contributed by atoms with E-state index in [0.29, 0.717) is 63.6 Å². The third kappa shape index (κ3) is 6.87. The second-order valence-corrected chi connectivity index (χ2v) is 17.2. The topological polar surface area (TPSA) is 172 Å². The number of aromatic nitrogens is 3. The number of hydrogen-bond acceptors (Lipinski definition) is 13. The first-order valence-corrected chi connectivity index (χ1v) is 20.2. The number of phenols is 1. The lowest BCUT2D eigenvalue weighted by Gasteiger charge is -2.31. The number of nitrogen functional groups attached to an aromatic ring is 2. The summed E-state index contributed by atoms with van der Waals surface area (Å²) in [6.07, 6.45) is -3.51. The number of thiophene rings is 1. The summed E-state index contributed by atoms with van der Waals surface area (Å²) in [6.45, 7) is 2.69. The largest absolute Gasteiger partial charge is 0.506 e. The van der Waals surface area contributed by atoms with Crippen molar-refractivity contribution in [3.63, 3.8) is 0 Å². The highest BCUT2D eigenvalue weighted by Gasteiger charge is 2.77. The molecule has 6 heterocycles. The summed E-state index contributed by atoms with van der Waals surface area (Å²) < 4.78 is 134. The fourth-order valence-electron chi connectivity index (χ4n) is 9.50. The first-order valence-electron chi connectivity index (χ1n) is 19.4. The van der Waals surface area contributed by atoms with Gasteiger partial charge in [-0.2, -0.15) is 28.4 Å². The Hall–Kier alpha value is -5.30. The number of hydrogen-bond donors (Lipinski definition) is 4. The monoisotopic (exact) mass is 875 g/mol. The lowest BCUT2D eigenvalue weighted by atomic mass is 9.89. The van der Waals surface area contributed by atoms with E-state index in [0.717, 1.165) is 24.4 Å². The van der Waals surface area contributed by atoms with E-state index < -0.39 is 103 Å². The van der Waals surface area contributed by atoms with Crippen LogP contribution in [-0.4, -0.2) is 93.9 Å². The number of anilines is 3. The molecule has 0 unspecified atom stereocenters. The number of morpholine rings is 1. The van der Waals surface area contributed by atoms with Crippen molar-refractivity contribution in [1.82, 2.24) is 24.8 Å². The molecular weight excluding hydrogens is 839 g/mol. The highest BCUT2D eigenvalue weighted by Crippen LogP contribution is 2.69. The van der Waals surface area contributed by atoms with Crippen molar-refractivity contribution in [3.05, 3.63) is 58.5 Å². The fraction of sp³-hybridized carbons (Fsp3) is 0.450. The summed E-state index contributed by atoms with van der Waals surface area (Å²) in [7, 11) is 0. The standard InChI is InChI=1S/C40H37F8N9O3S/c41-19-12-21(33(50)52-14-19)24(4-7-56-8-10-59-11-9-56)53-35-27-30(54-36(55-35)60-18-38-5-1-6-57(38)17-37(15-38)16-39(37,44)45)29(43)26(28(31(27)58)40(46,47)48)20-2-3-23(42)32-25(20)22(13-49)34(51)61-32/h2-3,12,14,24,58H,1,4-11,15-18,51H2,(H2,50,52)(H,53,54,55)/t24-,37+,38+/m1/s1. The molecule has 21 heteroatoms. The number of nitrogens with two attached hydrogens (primary N) is 2. The number of halogens is 8. The lowest BCUT2D eigenvalue weighted by molar-refractivity contribution is -0.138. The molecule has 9 rings (SSSR count). The van der Waals surface area contributed by atoms with Crippen LogP contribution in [-0.2, 0) is 10.9 Å². The van der Waals surface area contributed by atoms with E-state index in [9.17, 15) is 23.5 Å². The maximum atomic E-state index is 17.5. The summed E-state index contributed by atoms with van der Waals surface area (Å²) in [4.78, 5) is 16.5. The second kappa shape index (κ2) is 14.7. The number of nitriles is 1. The normalized spacial score (nSPS) is 23.1. The van der Waals surface area contributed by atoms with Crippen LogP contribution >= 0.6 is 11.3 Å². The van der Waals surface area contributed by atoms with Crippen LogP contribution in [0.5, 0.6) is 11.8 Å². The van der Waals surface area contributed by atoms with Crippen LogP contribution < -0.4 is 21.5 Å². The first-order chi connectivity index (χ1) is 29.0. The molecule has 12 nitrogen and oxygen atoms in total. The third-order valence-corrected chi connectivity index (χ3v) is 13.6. The van der Waals surface area contributed by atoms with E-state index in [-0.39, 0.29) is 53.5 Å². The van der Waals surface area contributed by atoms with Gasteiger partial charge in [-0.25, -0.2) is 26.9 Å². The SMILES string of the molecule is N#Cc1c(N)sc2c(F)ccc(-c3c(C(F)(F)F)c(O)c4c(N[C@H](CCN5CCOCC5)c5cc(F)cnc5N)nc(OC[C@@]56CCCN5C[C@@]5(CC5(F)F)C6)nc4c3F)c12. The maximum Gasteiger partial charge on any atom is 0.420 e. The van der Waals surface area contributed by atoms with Crippen molar-refractivity contribution in [2.75, 3.05) is 69.3 Å². The number of alkyl halides is 5. The molecule has 3 saturated heterocycles. The van der Waals surface area contributed by atoms with Gasteiger partial charge in [0, 0.05) is 49.1 Å². The van der Waals surface area contributed by atoms with Gasteiger partial charge in [0.15, 0.2) is 5.82 Å². The molecule has 1 spiro atoms. The zero-order chi connectivity index (χ0) is 43.2. The van der Waals surface area contributed by atoms with Crippen LogP contribution in [0.3, 0.4) is 0 Å². The Labute approximate surface area is 346 Å². The van der Waals surface area contributed by atoms with Gasteiger partial charge >= 0.3 is 12.2 Å². The van der Waals surface area contributed by atoms with Gasteiger partial charge in [0.1, 0.15) is 57.8 Å². The Bertz CT molecular complexity index is 2640. The summed E-state index contributed by atoms with van der Waals surface area (Å²) in [5.41, 5.74) is 5.14. The minimum atomic E-state index is -5.49. The number of aromatic hydroxyl groups is 1. The van der Waals surface area contributed by atoms with Crippen molar-refractivity contribution in [2.24, 2.45) is 5.41 Å². The van der Waals surface area contributed by atoms with Crippen molar-refractivity contribution in [3.8, 4) is 29.0 Å². The molecule has 1 aliphatic carbocycles. The van der Waals surface area contributed by atoms with Crippen molar-refractivity contribution in [2.45, 2.75) is 55.8 Å². The summed E-state index contributed by atoms with van der Waals surface area (Å²) >= 11 is 0.577. The molecule has 0 bridgehead atoms. The van der Waals surface area contributed by atoms with Crippen LogP contribution in [0.1, 0.15) is 54.8 Å². The van der Waals surface area contributed by atoms with Gasteiger partial charge in [-0.05, 0) is 49.9 Å². The van der Waals surface area contributed by atoms with Crippen molar-refractivity contribution >= 4 is 49.0 Å². The molecule has 3 aliphatic heterocycles. The molecule has 5 aromatic rings. The minimum absolute atomic E-state index is 0.0741. The molecule has 0 radical (unpaired) electrons. The number of nitrogens with zero attached hydrogens (tertiary/aromatic N) is 6. The Morgan fingerprint density at radius 1 is 1.08 bits per heavy atom. The number of nitrogens with one attached hydrogen (secondary N) is 1. The highest BCUT2D eigenvalue weighted by atomic mass is 32.1. The number of pyridine rings is 1. The smallest absolute Gasteiger partial charge is 0.420 e. The third-order valence-electron chi connectivity index (χ3n) is 12.5. The fourth-order valence-corrected chi connectivity index (χ4v) is 10.5. The second-order valence-electron chi connectivity index (χ2n) is 16.2. The van der Waals surface area contributed by atoms with Crippen LogP contribution in [0.15, 0.2) is 24.4 Å². The van der Waals surface area contributed by atoms with Gasteiger partial charge in [-0.15, -0.1) is 11.3 Å². The number of ether oxygens (including phenoxy) is 2. The lowest BCUT2D eigenvalue weighted by Crippen LogP contribution is -2.43. The van der Waals surface area contributed by atoms with Crippen LogP contribution in [0, 0.1) is 34.2 Å². The maximum absolute atomic E-state index is 17.5. The van der Waals surface area contributed by atoms with Gasteiger partial charge in [0.05, 0.1) is 52.1 Å². The van der Waals surface area contributed by atoms with E-state index in [1.807, 2.05) is 9.80 Å². The van der Waals surface area contributed by atoms with Gasteiger partial charge in [-0.1, -0.05) is 6.07 Å². The molecule has 4 fully saturated rings. The molecule has 0 amide bonds. The first kappa shape index (κ1) is 41.1. The summed E-state index contributed by atoms with van der Waals surface area (Å²) in [5, 5.41) is 23.2. The average Bonchev–Trinajstić information content (AvgIpc) is 3.54. The summed E-state index contributed by atoms with van der Waals surface area (Å²) in [5.74, 6) is -8.46. The Morgan fingerprint density at radius 2 is 1.84 bits per heavy atom. The number of phenolic OH excluding ortho intramolecular Hbond substituents is 1. The van der Waals surface area contributed by atoms with Gasteiger partial charge < -0.3 is 31.4 Å². The number of fused-ring (bicyclic) bond motifs is 3. The highest BCUT2D eigenvalue weighted by molar-refractivity contribution is 7.23. The molecule has 322 valence electrons. The van der Waals surface area contributed by atoms with E-state index in [1.165, 1.54) is 0 Å². The van der Waals surface area contributed by atoms with Gasteiger partial charge in [0.2, 0.25) is 0 Å². The molecular formula is C40H37F8N9O3S. The molecule has 3 atom stereocenters. The predicted octanol–water partition coefficient (Wildman–Crippen LogP) is 7.60. The molecule has 61 heavy (non-hydrogen) atoms. The van der Waals surface area contributed by atoms with E-state index in [1.54, 1.807) is 6.07 Å². The number of rotatable bonds is 10. The van der Waals surface area contributed by atoms with Gasteiger partial charge in [0.25, 0.3) is 5.92 Å². The Balaban J connectivity index is 1.24.